The van der Waals surface area contributed by atoms with Crippen LogP contribution in [-0.4, -0.2) is 23.2 Å². The van der Waals surface area contributed by atoms with E-state index < -0.39 is 0 Å². The average Bonchev–Trinajstić information content (AvgIpc) is 2.17. The number of thioether (sulfide) groups is 1. The van der Waals surface area contributed by atoms with E-state index >= 15 is 0 Å². The molecule has 0 aromatic carbocycles. The maximum atomic E-state index is 11.1. The summed E-state index contributed by atoms with van der Waals surface area (Å²) in [6, 6.07) is 1.80. The molecule has 0 saturated carbocycles. The highest BCUT2D eigenvalue weighted by Crippen LogP contribution is 2.22. The van der Waals surface area contributed by atoms with Gasteiger partial charge in [0.2, 0.25) is 5.91 Å². The van der Waals surface area contributed by atoms with Crippen molar-refractivity contribution in [1.82, 2.24) is 10.3 Å². The summed E-state index contributed by atoms with van der Waals surface area (Å²) in [7, 11) is 0. The Morgan fingerprint density at radius 3 is 3.14 bits per heavy atom. The number of nitrogens with zero attached hydrogens (tertiary/aromatic N) is 1. The molecule has 0 aliphatic heterocycles. The number of carbonyl (C=O) groups excluding carboxylic acids is 1. The summed E-state index contributed by atoms with van der Waals surface area (Å²) in [5, 5.41) is 2.72. The van der Waals surface area contributed by atoms with Gasteiger partial charge < -0.3 is 11.1 Å². The molecule has 0 atom stereocenters. The Morgan fingerprint density at radius 1 is 1.71 bits per heavy atom. The Labute approximate surface area is 87.3 Å². The lowest BCUT2D eigenvalue weighted by Gasteiger charge is -2.04. The topological polar surface area (TPSA) is 68.0 Å². The number of nitrogens with two attached hydrogens (primary N) is 1. The van der Waals surface area contributed by atoms with Crippen molar-refractivity contribution in [1.29, 1.82) is 0 Å². The van der Waals surface area contributed by atoms with Crippen LogP contribution in [0.15, 0.2) is 23.4 Å². The van der Waals surface area contributed by atoms with Crippen molar-refractivity contribution in [3.05, 3.63) is 18.5 Å². The van der Waals surface area contributed by atoms with E-state index in [0.717, 1.165) is 4.90 Å². The zero-order valence-corrected chi connectivity index (χ0v) is 8.80. The molecule has 76 valence electrons. The molecule has 1 aromatic rings. The Kier molecular flexibility index (Phi) is 4.25. The number of carbonyl (C=O) groups is 1. The minimum atomic E-state index is 0.0220. The van der Waals surface area contributed by atoms with Crippen LogP contribution in [0.4, 0.5) is 5.69 Å². The van der Waals surface area contributed by atoms with Gasteiger partial charge in [0.25, 0.3) is 0 Å². The molecule has 1 amide bonds. The van der Waals surface area contributed by atoms with Crippen molar-refractivity contribution < 1.29 is 4.79 Å². The van der Waals surface area contributed by atoms with Gasteiger partial charge in [-0.1, -0.05) is 0 Å². The van der Waals surface area contributed by atoms with E-state index in [9.17, 15) is 4.79 Å². The zero-order valence-electron chi connectivity index (χ0n) is 7.99. The average molecular weight is 211 g/mol. The van der Waals surface area contributed by atoms with Crippen LogP contribution in [0.3, 0.4) is 0 Å². The molecule has 1 rings (SSSR count). The van der Waals surface area contributed by atoms with Crippen molar-refractivity contribution in [2.45, 2.75) is 11.8 Å². The van der Waals surface area contributed by atoms with E-state index in [1.54, 1.807) is 18.5 Å². The van der Waals surface area contributed by atoms with Gasteiger partial charge in [-0.3, -0.25) is 9.78 Å². The smallest absolute Gasteiger partial charge is 0.230 e. The highest BCUT2D eigenvalue weighted by Gasteiger charge is 2.03. The number of pyridine rings is 1. The van der Waals surface area contributed by atoms with E-state index in [0.29, 0.717) is 18.0 Å². The van der Waals surface area contributed by atoms with Gasteiger partial charge in [-0.15, -0.1) is 11.8 Å². The van der Waals surface area contributed by atoms with Crippen molar-refractivity contribution >= 4 is 23.4 Å². The fraction of sp³-hybridized carbons (Fsp3) is 0.333. The molecule has 0 saturated heterocycles. The lowest BCUT2D eigenvalue weighted by Crippen LogP contribution is -2.24. The molecule has 1 heterocycles. The number of anilines is 1. The molecule has 3 N–H and O–H groups in total. The first-order chi connectivity index (χ1) is 6.74. The molecule has 5 heteroatoms. The second kappa shape index (κ2) is 5.49. The number of hydrogen-bond acceptors (Lipinski definition) is 4. The molecule has 0 spiro atoms. The summed E-state index contributed by atoms with van der Waals surface area (Å²) in [4.78, 5) is 15.9. The Morgan fingerprint density at radius 2 is 2.50 bits per heavy atom. The van der Waals surface area contributed by atoms with E-state index in [1.165, 1.54) is 11.8 Å². The Hall–Kier alpha value is -1.23. The Bertz CT molecular complexity index is 317. The van der Waals surface area contributed by atoms with Crippen molar-refractivity contribution in [2.24, 2.45) is 0 Å². The van der Waals surface area contributed by atoms with E-state index in [2.05, 4.69) is 10.3 Å². The summed E-state index contributed by atoms with van der Waals surface area (Å²) in [6.45, 7) is 2.55. The lowest BCUT2D eigenvalue weighted by atomic mass is 10.4. The van der Waals surface area contributed by atoms with Gasteiger partial charge >= 0.3 is 0 Å². The van der Waals surface area contributed by atoms with Gasteiger partial charge in [0.15, 0.2) is 0 Å². The standard InChI is InChI=1S/C9H13N3OS/c1-2-12-9(13)6-14-8-3-4-11-5-7(8)10/h3-5H,2,6,10H2,1H3,(H,12,13). The summed E-state index contributed by atoms with van der Waals surface area (Å²) in [5.74, 6) is 0.413. The van der Waals surface area contributed by atoms with E-state index in [-0.39, 0.29) is 5.91 Å². The minimum Gasteiger partial charge on any atom is -0.397 e. The molecule has 0 aliphatic carbocycles. The minimum absolute atomic E-state index is 0.0220. The van der Waals surface area contributed by atoms with Crippen LogP contribution in [0, 0.1) is 0 Å². The van der Waals surface area contributed by atoms with Crippen LogP contribution in [0.1, 0.15) is 6.92 Å². The molecule has 0 fully saturated rings. The van der Waals surface area contributed by atoms with Gasteiger partial charge in [0.1, 0.15) is 0 Å². The molecular formula is C9H13N3OS. The maximum absolute atomic E-state index is 11.1. The summed E-state index contributed by atoms with van der Waals surface area (Å²) < 4.78 is 0. The number of nitrogens with one attached hydrogen (secondary N) is 1. The van der Waals surface area contributed by atoms with Crippen LogP contribution in [0.25, 0.3) is 0 Å². The zero-order chi connectivity index (χ0) is 10.4. The van der Waals surface area contributed by atoms with Crippen LogP contribution >= 0.6 is 11.8 Å². The predicted molar refractivity (Wildman–Crippen MR) is 58.1 cm³/mol. The van der Waals surface area contributed by atoms with Gasteiger partial charge in [-0.05, 0) is 13.0 Å². The maximum Gasteiger partial charge on any atom is 0.230 e. The van der Waals surface area contributed by atoms with Crippen LogP contribution in [0.5, 0.6) is 0 Å². The normalized spacial score (nSPS) is 9.79. The fourth-order valence-electron chi connectivity index (χ4n) is 0.917. The van der Waals surface area contributed by atoms with Crippen LogP contribution in [-0.2, 0) is 4.79 Å². The van der Waals surface area contributed by atoms with Crippen LogP contribution in [0.2, 0.25) is 0 Å². The number of hydrogen-bond donors (Lipinski definition) is 2. The molecule has 0 unspecified atom stereocenters. The SMILES string of the molecule is CCNC(=O)CSc1ccncc1N. The fourth-order valence-corrected chi connectivity index (χ4v) is 1.68. The monoisotopic (exact) mass is 211 g/mol. The van der Waals surface area contributed by atoms with Gasteiger partial charge in [0, 0.05) is 17.6 Å². The first-order valence-electron chi connectivity index (χ1n) is 4.33. The quantitative estimate of drug-likeness (QED) is 0.726. The third-order valence-corrected chi connectivity index (χ3v) is 2.63. The molecular weight excluding hydrogens is 198 g/mol. The summed E-state index contributed by atoms with van der Waals surface area (Å²) >= 11 is 1.42. The Balaban J connectivity index is 2.46. The van der Waals surface area contributed by atoms with Crippen molar-refractivity contribution in [3.8, 4) is 0 Å². The summed E-state index contributed by atoms with van der Waals surface area (Å²) in [5.41, 5.74) is 6.28. The number of nitrogen functional groups attached to an aromatic ring is 1. The van der Waals surface area contributed by atoms with Crippen molar-refractivity contribution in [2.75, 3.05) is 18.0 Å². The second-order valence-electron chi connectivity index (χ2n) is 2.66. The van der Waals surface area contributed by atoms with Crippen molar-refractivity contribution in [3.63, 3.8) is 0 Å². The number of aromatic nitrogens is 1. The number of amides is 1. The van der Waals surface area contributed by atoms with Gasteiger partial charge in [0.05, 0.1) is 17.6 Å². The van der Waals surface area contributed by atoms with Gasteiger partial charge in [-0.25, -0.2) is 0 Å². The lowest BCUT2D eigenvalue weighted by molar-refractivity contribution is -0.118. The molecule has 4 nitrogen and oxygen atoms in total. The van der Waals surface area contributed by atoms with E-state index in [1.807, 2.05) is 6.92 Å². The third-order valence-electron chi connectivity index (χ3n) is 1.54. The molecule has 0 aliphatic rings. The highest BCUT2D eigenvalue weighted by atomic mass is 32.2. The molecule has 1 aromatic heterocycles. The molecule has 14 heavy (non-hydrogen) atoms. The third kappa shape index (κ3) is 3.26. The number of rotatable bonds is 4. The van der Waals surface area contributed by atoms with E-state index in [4.69, 9.17) is 5.73 Å². The molecule has 0 radical (unpaired) electrons. The first-order valence-corrected chi connectivity index (χ1v) is 5.31. The second-order valence-corrected chi connectivity index (χ2v) is 3.67. The largest absolute Gasteiger partial charge is 0.397 e. The highest BCUT2D eigenvalue weighted by molar-refractivity contribution is 8.00. The summed E-state index contributed by atoms with van der Waals surface area (Å²) in [6.07, 6.45) is 3.25. The van der Waals surface area contributed by atoms with Crippen LogP contribution < -0.4 is 11.1 Å². The molecule has 0 bridgehead atoms. The first kappa shape index (κ1) is 10.8. The predicted octanol–water partition coefficient (Wildman–Crippen LogP) is 0.892. The van der Waals surface area contributed by atoms with Gasteiger partial charge in [-0.2, -0.15) is 0 Å².